The number of fused-ring (bicyclic) bond motifs is 2. The van der Waals surface area contributed by atoms with Crippen molar-refractivity contribution in [3.8, 4) is 0 Å². The van der Waals surface area contributed by atoms with Crippen LogP contribution in [0, 0.1) is 0 Å². The Bertz CT molecular complexity index is 1110. The van der Waals surface area contributed by atoms with E-state index in [2.05, 4.69) is 5.16 Å². The minimum Gasteiger partial charge on any atom is -0.370 e. The second-order valence-corrected chi connectivity index (χ2v) is 8.61. The summed E-state index contributed by atoms with van der Waals surface area (Å²) in [6.07, 6.45) is 7.02. The Labute approximate surface area is 179 Å². The van der Waals surface area contributed by atoms with E-state index in [9.17, 15) is 9.59 Å². The predicted molar refractivity (Wildman–Crippen MR) is 116 cm³/mol. The van der Waals surface area contributed by atoms with E-state index in [4.69, 9.17) is 15.2 Å². The first-order valence-corrected chi connectivity index (χ1v) is 11.5. The Morgan fingerprint density at radius 3 is 2.87 bits per heavy atom. The Morgan fingerprint density at radius 2 is 2.00 bits per heavy atom. The molecule has 4 rings (SSSR count). The van der Waals surface area contributed by atoms with Gasteiger partial charge < -0.3 is 10.3 Å². The topological polar surface area (TPSA) is 104 Å². The van der Waals surface area contributed by atoms with Crippen LogP contribution < -0.4 is 11.3 Å². The summed E-state index contributed by atoms with van der Waals surface area (Å²) in [5, 5.41) is 5.59. The molecule has 158 valence electrons. The highest BCUT2D eigenvalue weighted by Gasteiger charge is 2.20. The van der Waals surface area contributed by atoms with Crippen LogP contribution in [0.15, 0.2) is 38.7 Å². The van der Waals surface area contributed by atoms with Crippen LogP contribution in [0.4, 0.5) is 0 Å². The summed E-state index contributed by atoms with van der Waals surface area (Å²) in [7, 11) is 0. The van der Waals surface area contributed by atoms with Gasteiger partial charge in [-0.3, -0.25) is 14.2 Å². The number of rotatable bonds is 9. The Morgan fingerprint density at radius 1 is 1.17 bits per heavy atom. The van der Waals surface area contributed by atoms with Crippen molar-refractivity contribution in [2.24, 2.45) is 5.73 Å². The monoisotopic (exact) mass is 426 g/mol. The number of hydrogen-bond donors (Lipinski definition) is 1. The summed E-state index contributed by atoms with van der Waals surface area (Å²) in [5.41, 5.74) is 8.08. The molecular weight excluding hydrogens is 400 g/mol. The number of aryl methyl sites for hydroxylation is 1. The van der Waals surface area contributed by atoms with Gasteiger partial charge in [-0.15, -0.1) is 0 Å². The van der Waals surface area contributed by atoms with Crippen LogP contribution in [0.2, 0.25) is 0 Å². The number of nitrogens with two attached hydrogens (primary N) is 1. The van der Waals surface area contributed by atoms with Crippen LogP contribution in [0.3, 0.4) is 0 Å². The summed E-state index contributed by atoms with van der Waals surface area (Å²) >= 11 is 1.53. The molecule has 8 heteroatoms. The zero-order valence-electron chi connectivity index (χ0n) is 16.9. The average molecular weight is 427 g/mol. The first-order chi connectivity index (χ1) is 14.6. The number of aromatic nitrogens is 3. The van der Waals surface area contributed by atoms with Crippen molar-refractivity contribution in [3.63, 3.8) is 0 Å². The maximum atomic E-state index is 13.1. The van der Waals surface area contributed by atoms with Gasteiger partial charge in [-0.05, 0) is 44.2 Å². The minimum absolute atomic E-state index is 0.0276. The van der Waals surface area contributed by atoms with Crippen molar-refractivity contribution in [2.75, 3.05) is 0 Å². The van der Waals surface area contributed by atoms with Crippen LogP contribution in [-0.2, 0) is 29.9 Å². The van der Waals surface area contributed by atoms with Gasteiger partial charge in [-0.2, -0.15) is 0 Å². The van der Waals surface area contributed by atoms with Crippen LogP contribution in [0.25, 0.3) is 10.9 Å². The van der Waals surface area contributed by atoms with Gasteiger partial charge in [0, 0.05) is 30.7 Å². The lowest BCUT2D eigenvalue weighted by Gasteiger charge is -2.13. The van der Waals surface area contributed by atoms with E-state index in [1.54, 1.807) is 4.57 Å². The highest BCUT2D eigenvalue weighted by atomic mass is 32.2. The van der Waals surface area contributed by atoms with Gasteiger partial charge in [0.15, 0.2) is 5.16 Å². The number of amides is 1. The molecule has 0 radical (unpaired) electrons. The predicted octanol–water partition coefficient (Wildman–Crippen LogP) is 3.60. The molecule has 0 spiro atoms. The van der Waals surface area contributed by atoms with Gasteiger partial charge in [0.2, 0.25) is 5.91 Å². The average Bonchev–Trinajstić information content (AvgIpc) is 3.16. The van der Waals surface area contributed by atoms with E-state index in [-0.39, 0.29) is 11.5 Å². The van der Waals surface area contributed by atoms with Gasteiger partial charge in [0.25, 0.3) is 5.56 Å². The second kappa shape index (κ2) is 9.47. The van der Waals surface area contributed by atoms with E-state index < -0.39 is 0 Å². The molecule has 2 heterocycles. The van der Waals surface area contributed by atoms with E-state index in [1.807, 2.05) is 24.3 Å². The van der Waals surface area contributed by atoms with Crippen LogP contribution in [0.5, 0.6) is 0 Å². The number of thioether (sulfide) groups is 1. The van der Waals surface area contributed by atoms with Crippen LogP contribution >= 0.6 is 11.8 Å². The number of unbranched alkanes of at least 4 members (excludes halogenated alkanes) is 2. The van der Waals surface area contributed by atoms with Gasteiger partial charge >= 0.3 is 0 Å². The molecule has 3 aromatic rings. The smallest absolute Gasteiger partial charge is 0.262 e. The third kappa shape index (κ3) is 4.59. The number of nitrogens with zero attached hydrogens (tertiary/aromatic N) is 3. The second-order valence-electron chi connectivity index (χ2n) is 7.67. The first-order valence-electron chi connectivity index (χ1n) is 10.5. The van der Waals surface area contributed by atoms with Crippen molar-refractivity contribution in [1.82, 2.24) is 14.7 Å². The molecule has 2 N–H and O–H groups in total. The molecule has 7 nitrogen and oxygen atoms in total. The van der Waals surface area contributed by atoms with Crippen molar-refractivity contribution >= 4 is 28.6 Å². The van der Waals surface area contributed by atoms with E-state index in [0.717, 1.165) is 56.4 Å². The third-order valence-electron chi connectivity index (χ3n) is 5.50. The van der Waals surface area contributed by atoms with Gasteiger partial charge in [0.1, 0.15) is 5.76 Å². The highest BCUT2D eigenvalue weighted by molar-refractivity contribution is 7.98. The Hall–Kier alpha value is -2.61. The fourth-order valence-corrected chi connectivity index (χ4v) is 4.88. The molecular formula is C22H26N4O3S. The minimum atomic E-state index is -0.285. The summed E-state index contributed by atoms with van der Waals surface area (Å²) in [6.45, 7) is 0.564. The Kier molecular flexibility index (Phi) is 6.52. The third-order valence-corrected chi connectivity index (χ3v) is 6.49. The van der Waals surface area contributed by atoms with E-state index in [1.165, 1.54) is 17.3 Å². The number of para-hydroxylation sites is 1. The number of hydrogen-bond acceptors (Lipinski definition) is 6. The largest absolute Gasteiger partial charge is 0.370 e. The molecule has 1 aromatic carbocycles. The van der Waals surface area contributed by atoms with Crippen molar-refractivity contribution in [3.05, 3.63) is 51.6 Å². The van der Waals surface area contributed by atoms with Crippen LogP contribution in [-0.4, -0.2) is 20.6 Å². The summed E-state index contributed by atoms with van der Waals surface area (Å²) in [4.78, 5) is 28.8. The Balaban J connectivity index is 1.55. The fraction of sp³-hybridized carbons (Fsp3) is 0.455. The van der Waals surface area contributed by atoms with Crippen molar-refractivity contribution in [1.29, 1.82) is 0 Å². The van der Waals surface area contributed by atoms with Gasteiger partial charge in [-0.25, -0.2) is 4.98 Å². The van der Waals surface area contributed by atoms with Gasteiger partial charge in [-0.1, -0.05) is 35.5 Å². The maximum absolute atomic E-state index is 13.1. The SMILES string of the molecule is NC(=O)CCCCCn1c(SCc2noc3c2CCCC3)nc2ccccc2c1=O. The highest BCUT2D eigenvalue weighted by Crippen LogP contribution is 2.29. The molecule has 0 unspecified atom stereocenters. The normalized spacial score (nSPS) is 13.5. The maximum Gasteiger partial charge on any atom is 0.262 e. The lowest BCUT2D eigenvalue weighted by Crippen LogP contribution is -2.23. The molecule has 0 bridgehead atoms. The van der Waals surface area contributed by atoms with Crippen molar-refractivity contribution < 1.29 is 9.32 Å². The number of primary amides is 1. The summed E-state index contributed by atoms with van der Waals surface area (Å²) < 4.78 is 7.27. The van der Waals surface area contributed by atoms with E-state index in [0.29, 0.717) is 34.8 Å². The first kappa shape index (κ1) is 20.7. The fourth-order valence-electron chi connectivity index (χ4n) is 3.90. The molecule has 0 atom stereocenters. The zero-order valence-corrected chi connectivity index (χ0v) is 17.7. The molecule has 1 amide bonds. The lowest BCUT2D eigenvalue weighted by molar-refractivity contribution is -0.118. The zero-order chi connectivity index (χ0) is 20.9. The number of benzene rings is 1. The number of carbonyl (C=O) groups is 1. The van der Waals surface area contributed by atoms with E-state index >= 15 is 0 Å². The number of carbonyl (C=O) groups excluding carboxylic acids is 1. The van der Waals surface area contributed by atoms with Gasteiger partial charge in [0.05, 0.1) is 16.6 Å². The van der Waals surface area contributed by atoms with Crippen molar-refractivity contribution in [2.45, 2.75) is 68.8 Å². The molecule has 1 aliphatic carbocycles. The summed E-state index contributed by atoms with van der Waals surface area (Å²) in [5.74, 6) is 1.35. The molecule has 0 saturated heterocycles. The molecule has 2 aromatic heterocycles. The molecule has 0 aliphatic heterocycles. The quantitative estimate of drug-likeness (QED) is 0.318. The molecule has 0 fully saturated rings. The molecule has 0 saturated carbocycles. The van der Waals surface area contributed by atoms with Crippen LogP contribution in [0.1, 0.15) is 55.5 Å². The standard InChI is InChI=1S/C22H26N4O3S/c23-20(27)12-2-1-7-13-26-21(28)16-9-3-5-10-17(16)24-22(26)30-14-18-15-8-4-6-11-19(15)29-25-18/h3,5,9-10H,1-2,4,6-8,11-14H2,(H2,23,27). The molecule has 30 heavy (non-hydrogen) atoms. The summed E-state index contributed by atoms with van der Waals surface area (Å²) in [6, 6.07) is 7.44. The lowest BCUT2D eigenvalue weighted by atomic mass is 9.97. The molecule has 1 aliphatic rings.